The summed E-state index contributed by atoms with van der Waals surface area (Å²) in [6.45, 7) is 3.30. The molecule has 0 unspecified atom stereocenters. The van der Waals surface area contributed by atoms with Crippen molar-refractivity contribution in [2.24, 2.45) is 5.73 Å². The standard InChI is InChI=1S/C23H25N5O5/c1-13(2)28-18-6-4-3-5-17(18)23(33)27(12-19(28)29)26-22(32)16-9-7-15(21(24)25)11-14(16)8-10-20(30)31/h3-7,9,11,13H,8,10,12H2,1-2H3,(H3,24,25)(H,26,32)(H,30,31). The number of hydrogen-bond acceptors (Lipinski definition) is 5. The first-order valence-corrected chi connectivity index (χ1v) is 10.3. The number of benzene rings is 2. The van der Waals surface area contributed by atoms with Crippen molar-refractivity contribution in [1.82, 2.24) is 10.4 Å². The molecule has 0 atom stereocenters. The van der Waals surface area contributed by atoms with E-state index in [2.05, 4.69) is 5.43 Å². The molecule has 3 amide bonds. The van der Waals surface area contributed by atoms with Crippen LogP contribution >= 0.6 is 0 Å². The summed E-state index contributed by atoms with van der Waals surface area (Å²) < 4.78 is 0. The Bertz CT molecular complexity index is 1140. The van der Waals surface area contributed by atoms with Crippen LogP contribution in [0.25, 0.3) is 0 Å². The second-order valence-electron chi connectivity index (χ2n) is 7.89. The van der Waals surface area contributed by atoms with Gasteiger partial charge in [0.1, 0.15) is 12.4 Å². The predicted molar refractivity (Wildman–Crippen MR) is 121 cm³/mol. The van der Waals surface area contributed by atoms with Gasteiger partial charge in [0, 0.05) is 23.6 Å². The van der Waals surface area contributed by atoms with E-state index in [1.807, 2.05) is 13.8 Å². The number of fused-ring (bicyclic) bond motifs is 1. The highest BCUT2D eigenvalue weighted by Gasteiger charge is 2.34. The fraction of sp³-hybridized carbons (Fsp3) is 0.261. The normalized spacial score (nSPS) is 13.5. The number of carboxylic acid groups (broad SMARTS) is 1. The minimum absolute atomic E-state index is 0.0239. The quantitative estimate of drug-likeness (QED) is 0.369. The van der Waals surface area contributed by atoms with E-state index in [1.54, 1.807) is 24.3 Å². The number of carbonyl (C=O) groups is 4. The molecular formula is C23H25N5O5. The fourth-order valence-corrected chi connectivity index (χ4v) is 3.70. The van der Waals surface area contributed by atoms with Gasteiger partial charge in [-0.2, -0.15) is 0 Å². The average Bonchev–Trinajstić information content (AvgIpc) is 2.86. The van der Waals surface area contributed by atoms with Crippen molar-refractivity contribution in [3.63, 3.8) is 0 Å². The van der Waals surface area contributed by atoms with Gasteiger partial charge in [-0.25, -0.2) is 5.01 Å². The van der Waals surface area contributed by atoms with Crippen LogP contribution in [0, 0.1) is 5.41 Å². The van der Waals surface area contributed by atoms with E-state index < -0.39 is 17.8 Å². The van der Waals surface area contributed by atoms with Crippen LogP contribution in [0.1, 0.15) is 52.1 Å². The number of aryl methyl sites for hydroxylation is 1. The summed E-state index contributed by atoms with van der Waals surface area (Å²) in [7, 11) is 0. The van der Waals surface area contributed by atoms with E-state index in [0.29, 0.717) is 16.8 Å². The highest BCUT2D eigenvalue weighted by Crippen LogP contribution is 2.27. The van der Waals surface area contributed by atoms with Crippen LogP contribution in [-0.4, -0.2) is 52.2 Å². The number of carboxylic acids is 1. The molecule has 1 heterocycles. The van der Waals surface area contributed by atoms with E-state index in [0.717, 1.165) is 5.01 Å². The monoisotopic (exact) mass is 451 g/mol. The third kappa shape index (κ3) is 5.00. The maximum absolute atomic E-state index is 13.2. The first-order chi connectivity index (χ1) is 15.6. The summed E-state index contributed by atoms with van der Waals surface area (Å²) in [5.74, 6) is -2.85. The Labute approximate surface area is 190 Å². The summed E-state index contributed by atoms with van der Waals surface area (Å²) in [6, 6.07) is 10.8. The van der Waals surface area contributed by atoms with Crippen LogP contribution in [0.15, 0.2) is 42.5 Å². The Kier molecular flexibility index (Phi) is 6.76. The number of aliphatic carboxylic acids is 1. The molecule has 10 nitrogen and oxygen atoms in total. The molecule has 33 heavy (non-hydrogen) atoms. The van der Waals surface area contributed by atoms with Crippen molar-refractivity contribution in [1.29, 1.82) is 5.41 Å². The molecule has 10 heteroatoms. The lowest BCUT2D eigenvalue weighted by atomic mass is 9.99. The molecule has 172 valence electrons. The lowest BCUT2D eigenvalue weighted by Gasteiger charge is -2.26. The zero-order valence-electron chi connectivity index (χ0n) is 18.3. The number of nitrogens with one attached hydrogen (secondary N) is 2. The number of nitrogen functional groups attached to an aromatic ring is 1. The minimum Gasteiger partial charge on any atom is -0.481 e. The van der Waals surface area contributed by atoms with Crippen molar-refractivity contribution in [2.45, 2.75) is 32.7 Å². The Morgan fingerprint density at radius 2 is 1.88 bits per heavy atom. The number of nitrogens with two attached hydrogens (primary N) is 1. The lowest BCUT2D eigenvalue weighted by Crippen LogP contribution is -2.50. The largest absolute Gasteiger partial charge is 0.481 e. The molecule has 3 rings (SSSR count). The summed E-state index contributed by atoms with van der Waals surface area (Å²) in [6.07, 6.45) is -0.213. The maximum atomic E-state index is 13.2. The molecule has 0 fully saturated rings. The van der Waals surface area contributed by atoms with E-state index in [1.165, 1.54) is 23.1 Å². The van der Waals surface area contributed by atoms with Crippen LogP contribution in [0.3, 0.4) is 0 Å². The highest BCUT2D eigenvalue weighted by atomic mass is 16.4. The lowest BCUT2D eigenvalue weighted by molar-refractivity contribution is -0.137. The topological polar surface area (TPSA) is 157 Å². The molecule has 1 aliphatic rings. The summed E-state index contributed by atoms with van der Waals surface area (Å²) >= 11 is 0. The summed E-state index contributed by atoms with van der Waals surface area (Å²) in [5.41, 5.74) is 9.58. The van der Waals surface area contributed by atoms with Gasteiger partial charge in [-0.1, -0.05) is 18.2 Å². The molecule has 0 spiro atoms. The van der Waals surface area contributed by atoms with Gasteiger partial charge < -0.3 is 15.7 Å². The third-order valence-corrected chi connectivity index (χ3v) is 5.22. The van der Waals surface area contributed by atoms with Crippen molar-refractivity contribution >= 4 is 35.2 Å². The number of para-hydroxylation sites is 1. The minimum atomic E-state index is -1.05. The highest BCUT2D eigenvalue weighted by molar-refractivity contribution is 6.11. The van der Waals surface area contributed by atoms with E-state index in [4.69, 9.17) is 16.2 Å². The van der Waals surface area contributed by atoms with Crippen LogP contribution in [0.5, 0.6) is 0 Å². The molecule has 2 aromatic rings. The Hall–Kier alpha value is -4.21. The third-order valence-electron chi connectivity index (χ3n) is 5.22. The van der Waals surface area contributed by atoms with Gasteiger partial charge in [-0.3, -0.25) is 30.0 Å². The summed E-state index contributed by atoms with van der Waals surface area (Å²) in [4.78, 5) is 51.8. The van der Waals surface area contributed by atoms with Crippen molar-refractivity contribution < 1.29 is 24.3 Å². The first-order valence-electron chi connectivity index (χ1n) is 10.3. The molecule has 0 saturated heterocycles. The fourth-order valence-electron chi connectivity index (χ4n) is 3.70. The molecule has 0 saturated carbocycles. The SMILES string of the molecule is CC(C)N1C(=O)CN(NC(=O)c2ccc(C(=N)N)cc2CCC(=O)O)C(=O)c2ccccc21. The molecular weight excluding hydrogens is 426 g/mol. The second kappa shape index (κ2) is 9.51. The summed E-state index contributed by atoms with van der Waals surface area (Å²) in [5, 5.41) is 17.6. The van der Waals surface area contributed by atoms with Crippen LogP contribution in [0.2, 0.25) is 0 Å². The number of amides is 3. The molecule has 0 radical (unpaired) electrons. The maximum Gasteiger partial charge on any atom is 0.303 e. The number of hydrogen-bond donors (Lipinski definition) is 4. The second-order valence-corrected chi connectivity index (χ2v) is 7.89. The van der Waals surface area contributed by atoms with Crippen molar-refractivity contribution in [3.05, 3.63) is 64.7 Å². The number of nitrogens with zero attached hydrogens (tertiary/aromatic N) is 2. The molecule has 5 N–H and O–H groups in total. The Morgan fingerprint density at radius 1 is 1.18 bits per heavy atom. The first kappa shape index (κ1) is 23.5. The van der Waals surface area contributed by atoms with Crippen molar-refractivity contribution in [2.75, 3.05) is 11.4 Å². The number of amidine groups is 1. The number of rotatable bonds is 7. The van der Waals surface area contributed by atoms with Gasteiger partial charge in [-0.05, 0) is 50.1 Å². The van der Waals surface area contributed by atoms with Crippen molar-refractivity contribution in [3.8, 4) is 0 Å². The molecule has 0 aromatic heterocycles. The van der Waals surface area contributed by atoms with Gasteiger partial charge in [0.2, 0.25) is 5.91 Å². The van der Waals surface area contributed by atoms with Crippen LogP contribution < -0.4 is 16.1 Å². The van der Waals surface area contributed by atoms with Gasteiger partial charge in [0.05, 0.1) is 11.3 Å². The molecule has 1 aliphatic heterocycles. The zero-order chi connectivity index (χ0) is 24.3. The predicted octanol–water partition coefficient (Wildman–Crippen LogP) is 1.53. The average molecular weight is 451 g/mol. The van der Waals surface area contributed by atoms with E-state index >= 15 is 0 Å². The van der Waals surface area contributed by atoms with Crippen LogP contribution in [0.4, 0.5) is 5.69 Å². The van der Waals surface area contributed by atoms with Gasteiger partial charge >= 0.3 is 5.97 Å². The zero-order valence-corrected chi connectivity index (χ0v) is 18.3. The van der Waals surface area contributed by atoms with E-state index in [9.17, 15) is 19.2 Å². The van der Waals surface area contributed by atoms with Gasteiger partial charge in [0.25, 0.3) is 11.8 Å². The molecule has 0 bridgehead atoms. The smallest absolute Gasteiger partial charge is 0.303 e. The van der Waals surface area contributed by atoms with Crippen LogP contribution in [-0.2, 0) is 16.0 Å². The molecule has 2 aromatic carbocycles. The van der Waals surface area contributed by atoms with Gasteiger partial charge in [0.15, 0.2) is 0 Å². The Morgan fingerprint density at radius 3 is 2.52 bits per heavy atom. The van der Waals surface area contributed by atoms with Gasteiger partial charge in [-0.15, -0.1) is 0 Å². The number of hydrazine groups is 1. The number of anilines is 1. The number of carbonyl (C=O) groups excluding carboxylic acids is 3. The molecule has 0 aliphatic carbocycles. The Balaban J connectivity index is 1.94. The van der Waals surface area contributed by atoms with E-state index in [-0.39, 0.29) is 48.3 Å².